The van der Waals surface area contributed by atoms with E-state index in [1.54, 1.807) is 6.07 Å². The molecule has 0 amide bonds. The molecule has 3 nitrogen and oxygen atoms in total. The third-order valence-corrected chi connectivity index (χ3v) is 5.46. The molecule has 0 unspecified atom stereocenters. The molecule has 4 rings (SSSR count). The molecule has 2 aromatic heterocycles. The average molecular weight is 408 g/mol. The first kappa shape index (κ1) is 19.1. The summed E-state index contributed by atoms with van der Waals surface area (Å²) in [6, 6.07) is 9.79. The number of hydrogen-bond acceptors (Lipinski definition) is 2. The average Bonchev–Trinajstić information content (AvgIpc) is 2.99. The van der Waals surface area contributed by atoms with Crippen molar-refractivity contribution in [1.29, 1.82) is 0 Å². The van der Waals surface area contributed by atoms with Crippen molar-refractivity contribution in [2.45, 2.75) is 38.9 Å². The largest absolute Gasteiger partial charge is 0.433 e. The number of aromatic amines is 1. The van der Waals surface area contributed by atoms with E-state index < -0.39 is 11.9 Å². The molecule has 0 radical (unpaired) electrons. The highest BCUT2D eigenvalue weighted by atomic mass is 35.5. The van der Waals surface area contributed by atoms with Crippen LogP contribution < -0.4 is 4.90 Å². The number of fused-ring (bicyclic) bond motifs is 3. The first-order chi connectivity index (χ1) is 13.2. The third-order valence-electron chi connectivity index (χ3n) is 5.23. The predicted octanol–water partition coefficient (Wildman–Crippen LogP) is 6.39. The van der Waals surface area contributed by atoms with Crippen molar-refractivity contribution < 1.29 is 13.2 Å². The van der Waals surface area contributed by atoms with Crippen molar-refractivity contribution in [2.24, 2.45) is 5.92 Å². The minimum absolute atomic E-state index is 0.0640. The Kier molecular flexibility index (Phi) is 4.78. The van der Waals surface area contributed by atoms with E-state index in [-0.39, 0.29) is 6.04 Å². The SMILES string of the molecule is CC(C)C[C@H]1c2[nH]c3ccc(Cl)cc3c2CCN1c1cccc(C(F)(F)F)n1. The molecule has 0 bridgehead atoms. The summed E-state index contributed by atoms with van der Waals surface area (Å²) in [6.07, 6.45) is -2.92. The van der Waals surface area contributed by atoms with Gasteiger partial charge in [-0.05, 0) is 54.7 Å². The molecular weight excluding hydrogens is 387 g/mol. The van der Waals surface area contributed by atoms with Gasteiger partial charge in [-0.15, -0.1) is 0 Å². The number of nitrogens with zero attached hydrogens (tertiary/aromatic N) is 2. The topological polar surface area (TPSA) is 31.9 Å². The predicted molar refractivity (Wildman–Crippen MR) is 106 cm³/mol. The molecule has 7 heteroatoms. The Morgan fingerprint density at radius 3 is 2.75 bits per heavy atom. The van der Waals surface area contributed by atoms with Crippen LogP contribution in [0, 0.1) is 5.92 Å². The van der Waals surface area contributed by atoms with Crippen molar-refractivity contribution in [1.82, 2.24) is 9.97 Å². The minimum Gasteiger partial charge on any atom is -0.356 e. The van der Waals surface area contributed by atoms with Crippen molar-refractivity contribution in [2.75, 3.05) is 11.4 Å². The molecule has 28 heavy (non-hydrogen) atoms. The summed E-state index contributed by atoms with van der Waals surface area (Å²) in [6.45, 7) is 4.84. The van der Waals surface area contributed by atoms with Crippen molar-refractivity contribution in [3.8, 4) is 0 Å². The van der Waals surface area contributed by atoms with Crippen LogP contribution in [0.3, 0.4) is 0 Å². The van der Waals surface area contributed by atoms with Crippen LogP contribution in [-0.2, 0) is 12.6 Å². The number of aromatic nitrogens is 2. The zero-order valence-corrected chi connectivity index (χ0v) is 16.4. The van der Waals surface area contributed by atoms with Gasteiger partial charge >= 0.3 is 6.18 Å². The van der Waals surface area contributed by atoms with Gasteiger partial charge in [0.05, 0.1) is 6.04 Å². The molecule has 148 valence electrons. The van der Waals surface area contributed by atoms with E-state index in [9.17, 15) is 13.2 Å². The van der Waals surface area contributed by atoms with Crippen LogP contribution in [0.1, 0.15) is 43.3 Å². The third kappa shape index (κ3) is 3.46. The molecule has 1 aromatic carbocycles. The number of rotatable bonds is 3. The highest BCUT2D eigenvalue weighted by molar-refractivity contribution is 6.31. The number of pyridine rings is 1. The Hall–Kier alpha value is -2.21. The molecule has 0 spiro atoms. The Balaban J connectivity index is 1.81. The maximum atomic E-state index is 13.2. The number of halogens is 4. The first-order valence-electron chi connectivity index (χ1n) is 9.35. The van der Waals surface area contributed by atoms with Crippen molar-refractivity contribution in [3.05, 3.63) is 58.4 Å². The molecule has 0 saturated heterocycles. The number of nitrogens with one attached hydrogen (secondary N) is 1. The molecule has 1 N–H and O–H groups in total. The van der Waals surface area contributed by atoms with E-state index in [0.29, 0.717) is 23.3 Å². The number of H-pyrrole nitrogens is 1. The smallest absolute Gasteiger partial charge is 0.356 e. The van der Waals surface area contributed by atoms with Crippen LogP contribution in [0.25, 0.3) is 10.9 Å². The molecule has 0 aliphatic carbocycles. The van der Waals surface area contributed by atoms with Gasteiger partial charge in [0.1, 0.15) is 11.5 Å². The molecule has 3 aromatic rings. The van der Waals surface area contributed by atoms with Crippen LogP contribution in [0.5, 0.6) is 0 Å². The van der Waals surface area contributed by atoms with Crippen LogP contribution in [0.15, 0.2) is 36.4 Å². The first-order valence-corrected chi connectivity index (χ1v) is 9.72. The molecule has 0 saturated carbocycles. The summed E-state index contributed by atoms with van der Waals surface area (Å²) in [5.74, 6) is 0.738. The molecular formula is C21H21ClF3N3. The fourth-order valence-electron chi connectivity index (χ4n) is 4.05. The zero-order chi connectivity index (χ0) is 20.1. The summed E-state index contributed by atoms with van der Waals surface area (Å²) in [4.78, 5) is 9.42. The second-order valence-corrected chi connectivity index (χ2v) is 8.11. The lowest BCUT2D eigenvalue weighted by Crippen LogP contribution is -2.37. The lowest BCUT2D eigenvalue weighted by Gasteiger charge is -2.38. The Morgan fingerprint density at radius 2 is 2.04 bits per heavy atom. The van der Waals surface area contributed by atoms with Gasteiger partial charge in [-0.1, -0.05) is 31.5 Å². The van der Waals surface area contributed by atoms with E-state index in [4.69, 9.17) is 11.6 Å². The molecule has 3 heterocycles. The highest BCUT2D eigenvalue weighted by Crippen LogP contribution is 2.41. The van der Waals surface area contributed by atoms with E-state index >= 15 is 0 Å². The second kappa shape index (κ2) is 6.99. The summed E-state index contributed by atoms with van der Waals surface area (Å²) in [5, 5.41) is 1.77. The van der Waals surface area contributed by atoms with Gasteiger partial charge in [0.2, 0.25) is 0 Å². The molecule has 1 aliphatic heterocycles. The highest BCUT2D eigenvalue weighted by Gasteiger charge is 2.35. The Labute approximate surface area is 166 Å². The van der Waals surface area contributed by atoms with Crippen LogP contribution in [0.4, 0.5) is 19.0 Å². The van der Waals surface area contributed by atoms with Crippen molar-refractivity contribution in [3.63, 3.8) is 0 Å². The van der Waals surface area contributed by atoms with Crippen LogP contribution in [-0.4, -0.2) is 16.5 Å². The molecule has 1 atom stereocenters. The Bertz CT molecular complexity index is 1010. The van der Waals surface area contributed by atoms with Gasteiger partial charge < -0.3 is 9.88 Å². The Morgan fingerprint density at radius 1 is 1.25 bits per heavy atom. The summed E-state index contributed by atoms with van der Waals surface area (Å²) in [7, 11) is 0. The van der Waals surface area contributed by atoms with E-state index in [1.165, 1.54) is 11.6 Å². The van der Waals surface area contributed by atoms with E-state index in [2.05, 4.69) is 23.8 Å². The van der Waals surface area contributed by atoms with E-state index in [1.807, 2.05) is 23.1 Å². The van der Waals surface area contributed by atoms with Crippen LogP contribution in [0.2, 0.25) is 5.02 Å². The van der Waals surface area contributed by atoms with Gasteiger partial charge in [0.25, 0.3) is 0 Å². The quantitative estimate of drug-likeness (QED) is 0.545. The second-order valence-electron chi connectivity index (χ2n) is 7.67. The summed E-state index contributed by atoms with van der Waals surface area (Å²) < 4.78 is 39.5. The normalized spacial score (nSPS) is 17.4. The number of benzene rings is 1. The fraction of sp³-hybridized carbons (Fsp3) is 0.381. The monoisotopic (exact) mass is 407 g/mol. The maximum absolute atomic E-state index is 13.2. The standard InChI is InChI=1S/C21H21ClF3N3/c1-12(2)10-17-20-14(15-11-13(22)6-7-16(15)26-20)8-9-28(17)19-5-3-4-18(27-19)21(23,24)25/h3-7,11-12,17,26H,8-10H2,1-2H3/t17-/m0/s1. The maximum Gasteiger partial charge on any atom is 0.433 e. The summed E-state index contributed by atoms with van der Waals surface area (Å²) >= 11 is 6.18. The number of anilines is 1. The van der Waals surface area contributed by atoms with Gasteiger partial charge in [-0.25, -0.2) is 4.98 Å². The number of alkyl halides is 3. The van der Waals surface area contributed by atoms with Crippen LogP contribution >= 0.6 is 11.6 Å². The van der Waals surface area contributed by atoms with Gasteiger partial charge in [-0.3, -0.25) is 0 Å². The van der Waals surface area contributed by atoms with E-state index in [0.717, 1.165) is 35.5 Å². The van der Waals surface area contributed by atoms with Gasteiger partial charge in [0.15, 0.2) is 0 Å². The minimum atomic E-state index is -4.46. The lowest BCUT2D eigenvalue weighted by atomic mass is 9.91. The van der Waals surface area contributed by atoms with Crippen molar-refractivity contribution >= 4 is 28.3 Å². The van der Waals surface area contributed by atoms with Gasteiger partial charge in [-0.2, -0.15) is 13.2 Å². The molecule has 0 fully saturated rings. The number of hydrogen-bond donors (Lipinski definition) is 1. The molecule has 1 aliphatic rings. The lowest BCUT2D eigenvalue weighted by molar-refractivity contribution is -0.141. The fourth-order valence-corrected chi connectivity index (χ4v) is 4.22. The summed E-state index contributed by atoms with van der Waals surface area (Å²) in [5.41, 5.74) is 2.40. The zero-order valence-electron chi connectivity index (χ0n) is 15.6. The van der Waals surface area contributed by atoms with Gasteiger partial charge in [0, 0.05) is 28.2 Å².